The summed E-state index contributed by atoms with van der Waals surface area (Å²) in [6, 6.07) is 4.73. The average molecular weight is 277 g/mol. The Morgan fingerprint density at radius 1 is 1.55 bits per heavy atom. The van der Waals surface area contributed by atoms with Crippen molar-refractivity contribution in [2.45, 2.75) is 26.7 Å². The summed E-state index contributed by atoms with van der Waals surface area (Å²) in [6.45, 7) is 5.23. The van der Waals surface area contributed by atoms with Crippen LogP contribution < -0.4 is 10.6 Å². The lowest BCUT2D eigenvalue weighted by atomic mass is 9.83. The van der Waals surface area contributed by atoms with Crippen LogP contribution in [0.4, 0.5) is 11.4 Å². The normalized spacial score (nSPS) is 21.7. The maximum absolute atomic E-state index is 12.5. The summed E-state index contributed by atoms with van der Waals surface area (Å²) >= 11 is 0. The van der Waals surface area contributed by atoms with Crippen LogP contribution in [0.1, 0.15) is 25.3 Å². The first-order chi connectivity index (χ1) is 9.48. The van der Waals surface area contributed by atoms with Crippen LogP contribution in [0.3, 0.4) is 0 Å². The van der Waals surface area contributed by atoms with Crippen LogP contribution in [0.2, 0.25) is 0 Å². The van der Waals surface area contributed by atoms with Crippen LogP contribution in [0, 0.1) is 22.5 Å². The van der Waals surface area contributed by atoms with Crippen molar-refractivity contribution in [1.82, 2.24) is 5.32 Å². The predicted octanol–water partition coefficient (Wildman–Crippen LogP) is 2.23. The Morgan fingerprint density at radius 3 is 2.85 bits per heavy atom. The minimum absolute atomic E-state index is 0.0684. The zero-order valence-corrected chi connectivity index (χ0v) is 11.7. The Balaban J connectivity index is 2.27. The van der Waals surface area contributed by atoms with Gasteiger partial charge in [-0.2, -0.15) is 0 Å². The third-order valence-electron chi connectivity index (χ3n) is 4.00. The molecule has 0 aromatic heterocycles. The van der Waals surface area contributed by atoms with Gasteiger partial charge in [-0.25, -0.2) is 0 Å². The Kier molecular flexibility index (Phi) is 4.04. The highest BCUT2D eigenvalue weighted by molar-refractivity contribution is 5.97. The monoisotopic (exact) mass is 277 g/mol. The van der Waals surface area contributed by atoms with E-state index in [-0.39, 0.29) is 17.3 Å². The summed E-state index contributed by atoms with van der Waals surface area (Å²) in [5.74, 6) is -0.140. The first-order valence-corrected chi connectivity index (χ1v) is 6.76. The lowest BCUT2D eigenvalue weighted by Gasteiger charge is -2.25. The smallest absolute Gasteiger partial charge is 0.292 e. The largest absolute Gasteiger partial charge is 0.320 e. The fourth-order valence-corrected chi connectivity index (χ4v) is 2.56. The Morgan fingerprint density at radius 2 is 2.30 bits per heavy atom. The van der Waals surface area contributed by atoms with Gasteiger partial charge < -0.3 is 10.6 Å². The van der Waals surface area contributed by atoms with Crippen LogP contribution >= 0.6 is 0 Å². The Hall–Kier alpha value is -1.95. The minimum Gasteiger partial charge on any atom is -0.320 e. The van der Waals surface area contributed by atoms with Gasteiger partial charge in [-0.05, 0) is 37.9 Å². The van der Waals surface area contributed by atoms with Gasteiger partial charge >= 0.3 is 0 Å². The van der Waals surface area contributed by atoms with Crippen LogP contribution in [0.15, 0.2) is 18.2 Å². The van der Waals surface area contributed by atoms with Gasteiger partial charge in [0.2, 0.25) is 5.91 Å². The second-order valence-corrected chi connectivity index (χ2v) is 5.29. The molecule has 0 spiro atoms. The molecule has 1 unspecified atom stereocenters. The molecular formula is C14H19N3O3. The van der Waals surface area contributed by atoms with E-state index in [1.165, 1.54) is 6.07 Å². The summed E-state index contributed by atoms with van der Waals surface area (Å²) in [5, 5.41) is 17.0. The molecular weight excluding hydrogens is 258 g/mol. The number of rotatable bonds is 4. The molecule has 1 aliphatic heterocycles. The molecule has 108 valence electrons. The summed E-state index contributed by atoms with van der Waals surface area (Å²) in [7, 11) is 0. The minimum atomic E-state index is -0.472. The van der Waals surface area contributed by atoms with E-state index >= 15 is 0 Å². The first-order valence-electron chi connectivity index (χ1n) is 6.76. The van der Waals surface area contributed by atoms with Gasteiger partial charge in [-0.3, -0.25) is 14.9 Å². The van der Waals surface area contributed by atoms with Crippen molar-refractivity contribution in [3.63, 3.8) is 0 Å². The van der Waals surface area contributed by atoms with Crippen LogP contribution in [0.25, 0.3) is 0 Å². The lowest BCUT2D eigenvalue weighted by Crippen LogP contribution is -2.37. The number of aryl methyl sites for hydroxylation is 1. The number of nitrogens with one attached hydrogen (secondary N) is 2. The van der Waals surface area contributed by atoms with Crippen molar-refractivity contribution >= 4 is 17.3 Å². The number of anilines is 1. The van der Waals surface area contributed by atoms with Gasteiger partial charge in [0.1, 0.15) is 5.69 Å². The third kappa shape index (κ3) is 2.65. The zero-order chi connectivity index (χ0) is 14.8. The second-order valence-electron chi connectivity index (χ2n) is 5.29. The van der Waals surface area contributed by atoms with E-state index in [2.05, 4.69) is 10.6 Å². The summed E-state index contributed by atoms with van der Waals surface area (Å²) in [6.07, 6.45) is 1.47. The second kappa shape index (κ2) is 5.58. The number of carbonyl (C=O) groups excluding carboxylic acids is 1. The Labute approximate surface area is 117 Å². The number of nitro benzene ring substituents is 1. The van der Waals surface area contributed by atoms with E-state index in [1.807, 2.05) is 13.8 Å². The van der Waals surface area contributed by atoms with E-state index in [4.69, 9.17) is 0 Å². The molecule has 2 rings (SSSR count). The van der Waals surface area contributed by atoms with Gasteiger partial charge in [-0.1, -0.05) is 13.0 Å². The summed E-state index contributed by atoms with van der Waals surface area (Å²) in [4.78, 5) is 23.0. The zero-order valence-electron chi connectivity index (χ0n) is 11.7. The van der Waals surface area contributed by atoms with Gasteiger partial charge in [-0.15, -0.1) is 0 Å². The number of carbonyl (C=O) groups is 1. The molecule has 1 saturated heterocycles. The quantitative estimate of drug-likeness (QED) is 0.653. The van der Waals surface area contributed by atoms with Gasteiger partial charge in [0.05, 0.1) is 10.3 Å². The molecule has 1 aromatic carbocycles. The van der Waals surface area contributed by atoms with Crippen molar-refractivity contribution in [3.8, 4) is 0 Å². The highest BCUT2D eigenvalue weighted by Gasteiger charge is 2.40. The molecule has 0 aliphatic carbocycles. The topological polar surface area (TPSA) is 84.3 Å². The highest BCUT2D eigenvalue weighted by Crippen LogP contribution is 2.33. The molecule has 1 atom stereocenters. The molecule has 0 radical (unpaired) electrons. The molecule has 2 N–H and O–H groups in total. The SMILES string of the molecule is CCC1(C(=O)Nc2cc(C)ccc2[N+](=O)[O-])CCNC1. The lowest BCUT2D eigenvalue weighted by molar-refractivity contribution is -0.383. The number of nitrogens with zero attached hydrogens (tertiary/aromatic N) is 1. The number of hydrogen-bond donors (Lipinski definition) is 2. The van der Waals surface area contributed by atoms with Crippen molar-refractivity contribution < 1.29 is 9.72 Å². The fourth-order valence-electron chi connectivity index (χ4n) is 2.56. The molecule has 20 heavy (non-hydrogen) atoms. The molecule has 0 bridgehead atoms. The molecule has 0 saturated carbocycles. The molecule has 1 amide bonds. The molecule has 1 aromatic rings. The van der Waals surface area contributed by atoms with Crippen LogP contribution in [-0.2, 0) is 4.79 Å². The Bertz CT molecular complexity index is 536. The summed E-state index contributed by atoms with van der Waals surface area (Å²) in [5.41, 5.74) is 0.624. The van der Waals surface area contributed by atoms with Gasteiger partial charge in [0, 0.05) is 12.6 Å². The van der Waals surface area contributed by atoms with E-state index in [1.54, 1.807) is 12.1 Å². The molecule has 6 nitrogen and oxygen atoms in total. The summed E-state index contributed by atoms with van der Waals surface area (Å²) < 4.78 is 0. The van der Waals surface area contributed by atoms with Gasteiger partial charge in [0.15, 0.2) is 0 Å². The number of nitro groups is 1. The van der Waals surface area contributed by atoms with E-state index in [0.717, 1.165) is 18.5 Å². The van der Waals surface area contributed by atoms with Crippen molar-refractivity contribution in [2.75, 3.05) is 18.4 Å². The molecule has 1 fully saturated rings. The van der Waals surface area contributed by atoms with E-state index in [9.17, 15) is 14.9 Å². The van der Waals surface area contributed by atoms with Gasteiger partial charge in [0.25, 0.3) is 5.69 Å². The third-order valence-corrected chi connectivity index (χ3v) is 4.00. The van der Waals surface area contributed by atoms with E-state index in [0.29, 0.717) is 13.0 Å². The first kappa shape index (κ1) is 14.5. The molecule has 1 aliphatic rings. The van der Waals surface area contributed by atoms with Crippen LogP contribution in [-0.4, -0.2) is 23.9 Å². The average Bonchev–Trinajstić information content (AvgIpc) is 2.88. The van der Waals surface area contributed by atoms with E-state index < -0.39 is 10.3 Å². The predicted molar refractivity (Wildman–Crippen MR) is 76.7 cm³/mol. The molecule has 1 heterocycles. The maximum Gasteiger partial charge on any atom is 0.292 e. The van der Waals surface area contributed by atoms with Crippen LogP contribution in [0.5, 0.6) is 0 Å². The number of amides is 1. The fraction of sp³-hybridized carbons (Fsp3) is 0.500. The number of hydrogen-bond acceptors (Lipinski definition) is 4. The molecule has 6 heteroatoms. The van der Waals surface area contributed by atoms with Crippen molar-refractivity contribution in [3.05, 3.63) is 33.9 Å². The number of benzene rings is 1. The van der Waals surface area contributed by atoms with Crippen molar-refractivity contribution in [2.24, 2.45) is 5.41 Å². The maximum atomic E-state index is 12.5. The standard InChI is InChI=1S/C14H19N3O3/c1-3-14(6-7-15-9-14)13(18)16-11-8-10(2)4-5-12(11)17(19)20/h4-5,8,15H,3,6-7,9H2,1-2H3,(H,16,18). The van der Waals surface area contributed by atoms with Crippen molar-refractivity contribution in [1.29, 1.82) is 0 Å². The highest BCUT2D eigenvalue weighted by atomic mass is 16.6.